The molecule has 1 aromatic rings. The van der Waals surface area contributed by atoms with E-state index in [9.17, 15) is 9.59 Å². The summed E-state index contributed by atoms with van der Waals surface area (Å²) in [4.78, 5) is 24.0. The highest BCUT2D eigenvalue weighted by Crippen LogP contribution is 1.97. The van der Waals surface area contributed by atoms with Crippen molar-refractivity contribution in [2.24, 2.45) is 0 Å². The van der Waals surface area contributed by atoms with Gasteiger partial charge >= 0.3 is 12.0 Å². The van der Waals surface area contributed by atoms with Crippen molar-refractivity contribution in [2.75, 3.05) is 32.8 Å². The Morgan fingerprint density at radius 1 is 1.42 bits per heavy atom. The number of rotatable bonds is 4. The van der Waals surface area contributed by atoms with Gasteiger partial charge in [-0.2, -0.15) is 0 Å². The Morgan fingerprint density at radius 2 is 2.16 bits per heavy atom. The molecule has 0 aliphatic carbocycles. The van der Waals surface area contributed by atoms with Crippen LogP contribution >= 0.6 is 0 Å². The summed E-state index contributed by atoms with van der Waals surface area (Å²) in [7, 11) is 0. The standard InChI is InChI=1S/C10H15N5O4/c16-9(17)8-7-15(13-12-8)2-1-11-10(18)14-3-5-19-6-4-14/h7H,1-6H2,(H,11,18)(H,16,17). The van der Waals surface area contributed by atoms with Crippen LogP contribution in [0.15, 0.2) is 6.20 Å². The molecule has 0 bridgehead atoms. The Balaban J connectivity index is 1.73. The number of nitrogens with one attached hydrogen (secondary N) is 1. The van der Waals surface area contributed by atoms with Gasteiger partial charge in [0, 0.05) is 19.6 Å². The van der Waals surface area contributed by atoms with E-state index >= 15 is 0 Å². The van der Waals surface area contributed by atoms with E-state index < -0.39 is 5.97 Å². The van der Waals surface area contributed by atoms with Crippen LogP contribution in [0, 0.1) is 0 Å². The number of carbonyl (C=O) groups is 2. The quantitative estimate of drug-likeness (QED) is 0.727. The van der Waals surface area contributed by atoms with Crippen molar-refractivity contribution in [2.45, 2.75) is 6.54 Å². The Labute approximate surface area is 109 Å². The van der Waals surface area contributed by atoms with Crippen molar-refractivity contribution in [1.29, 1.82) is 0 Å². The minimum absolute atomic E-state index is 0.112. The number of ether oxygens (including phenoxy) is 1. The lowest BCUT2D eigenvalue weighted by Gasteiger charge is -2.26. The maximum Gasteiger partial charge on any atom is 0.358 e. The van der Waals surface area contributed by atoms with Gasteiger partial charge in [-0.15, -0.1) is 5.10 Å². The number of carboxylic acids is 1. The van der Waals surface area contributed by atoms with Crippen molar-refractivity contribution < 1.29 is 19.4 Å². The summed E-state index contributed by atoms with van der Waals surface area (Å²) >= 11 is 0. The van der Waals surface area contributed by atoms with E-state index in [1.54, 1.807) is 4.90 Å². The van der Waals surface area contributed by atoms with Gasteiger partial charge < -0.3 is 20.1 Å². The average Bonchev–Trinajstić information content (AvgIpc) is 2.89. The molecule has 9 heteroatoms. The number of hydrogen-bond donors (Lipinski definition) is 2. The first-order chi connectivity index (χ1) is 9.16. The smallest absolute Gasteiger partial charge is 0.358 e. The number of hydrogen-bond acceptors (Lipinski definition) is 5. The van der Waals surface area contributed by atoms with Crippen LogP contribution in [0.3, 0.4) is 0 Å². The minimum Gasteiger partial charge on any atom is -0.476 e. The second-order valence-corrected chi connectivity index (χ2v) is 4.00. The number of carboxylic acid groups (broad SMARTS) is 1. The van der Waals surface area contributed by atoms with E-state index in [1.165, 1.54) is 10.9 Å². The first-order valence-electron chi connectivity index (χ1n) is 5.91. The molecular formula is C10H15N5O4. The Bertz CT molecular complexity index is 455. The topological polar surface area (TPSA) is 110 Å². The molecule has 1 aliphatic heterocycles. The van der Waals surface area contributed by atoms with Crippen LogP contribution in [-0.2, 0) is 11.3 Å². The van der Waals surface area contributed by atoms with E-state index in [2.05, 4.69) is 15.6 Å². The molecule has 0 aromatic carbocycles. The molecule has 9 nitrogen and oxygen atoms in total. The summed E-state index contributed by atoms with van der Waals surface area (Å²) in [6, 6.07) is -0.151. The lowest BCUT2D eigenvalue weighted by molar-refractivity contribution is 0.0532. The zero-order valence-electron chi connectivity index (χ0n) is 10.3. The van der Waals surface area contributed by atoms with Crippen LogP contribution in [0.2, 0.25) is 0 Å². The van der Waals surface area contributed by atoms with Crippen molar-refractivity contribution in [1.82, 2.24) is 25.2 Å². The average molecular weight is 269 g/mol. The summed E-state index contributed by atoms with van der Waals surface area (Å²) in [5.74, 6) is -1.12. The Kier molecular flexibility index (Phi) is 4.29. The second-order valence-electron chi connectivity index (χ2n) is 4.00. The molecule has 0 saturated carbocycles. The monoisotopic (exact) mass is 269 g/mol. The maximum atomic E-state index is 11.7. The van der Waals surface area contributed by atoms with Crippen LogP contribution in [-0.4, -0.2) is 69.8 Å². The fourth-order valence-electron chi connectivity index (χ4n) is 1.66. The van der Waals surface area contributed by atoms with Gasteiger partial charge in [0.2, 0.25) is 0 Å². The number of urea groups is 1. The van der Waals surface area contributed by atoms with Crippen LogP contribution in [0.5, 0.6) is 0 Å². The summed E-state index contributed by atoms with van der Waals surface area (Å²) in [5, 5.41) is 18.5. The molecule has 0 atom stereocenters. The van der Waals surface area contributed by atoms with Gasteiger partial charge in [0.1, 0.15) is 0 Å². The highest BCUT2D eigenvalue weighted by atomic mass is 16.5. The van der Waals surface area contributed by atoms with Crippen molar-refractivity contribution >= 4 is 12.0 Å². The van der Waals surface area contributed by atoms with Crippen LogP contribution < -0.4 is 5.32 Å². The van der Waals surface area contributed by atoms with Crippen LogP contribution in [0.4, 0.5) is 4.79 Å². The predicted molar refractivity (Wildman–Crippen MR) is 62.8 cm³/mol. The number of nitrogens with zero attached hydrogens (tertiary/aromatic N) is 4. The fourth-order valence-corrected chi connectivity index (χ4v) is 1.66. The van der Waals surface area contributed by atoms with E-state index in [4.69, 9.17) is 9.84 Å². The molecule has 1 saturated heterocycles. The first kappa shape index (κ1) is 13.3. The largest absolute Gasteiger partial charge is 0.476 e. The third kappa shape index (κ3) is 3.65. The molecule has 1 aromatic heterocycles. The summed E-state index contributed by atoms with van der Waals surface area (Å²) < 4.78 is 6.53. The first-order valence-corrected chi connectivity index (χ1v) is 5.91. The zero-order chi connectivity index (χ0) is 13.7. The summed E-state index contributed by atoms with van der Waals surface area (Å²) in [5.41, 5.74) is -0.112. The maximum absolute atomic E-state index is 11.7. The Morgan fingerprint density at radius 3 is 2.79 bits per heavy atom. The number of carbonyl (C=O) groups excluding carboxylic acids is 1. The van der Waals surface area contributed by atoms with Gasteiger partial charge in [0.25, 0.3) is 0 Å². The molecule has 2 rings (SSSR count). The van der Waals surface area contributed by atoms with Gasteiger partial charge in [-0.3, -0.25) is 0 Å². The van der Waals surface area contributed by atoms with Crippen LogP contribution in [0.25, 0.3) is 0 Å². The van der Waals surface area contributed by atoms with Crippen LogP contribution in [0.1, 0.15) is 10.5 Å². The van der Waals surface area contributed by atoms with E-state index in [0.717, 1.165) is 0 Å². The van der Waals surface area contributed by atoms with Gasteiger partial charge in [-0.05, 0) is 0 Å². The van der Waals surface area contributed by atoms with Crippen molar-refractivity contribution in [3.63, 3.8) is 0 Å². The predicted octanol–water partition coefficient (Wildman–Crippen LogP) is -0.982. The minimum atomic E-state index is -1.12. The van der Waals surface area contributed by atoms with Crippen molar-refractivity contribution in [3.8, 4) is 0 Å². The summed E-state index contributed by atoms with van der Waals surface area (Å²) in [6.45, 7) is 3.00. The van der Waals surface area contributed by atoms with E-state index in [-0.39, 0.29) is 11.7 Å². The molecule has 0 radical (unpaired) electrons. The lowest BCUT2D eigenvalue weighted by atomic mass is 10.4. The van der Waals surface area contributed by atoms with E-state index in [0.29, 0.717) is 39.4 Å². The van der Waals surface area contributed by atoms with Gasteiger partial charge in [-0.25, -0.2) is 14.3 Å². The molecule has 0 unspecified atom stereocenters. The third-order valence-electron chi connectivity index (χ3n) is 2.67. The zero-order valence-corrected chi connectivity index (χ0v) is 10.3. The molecule has 2 heterocycles. The number of aromatic carboxylic acids is 1. The highest BCUT2D eigenvalue weighted by molar-refractivity contribution is 5.84. The molecule has 2 amide bonds. The molecule has 1 fully saturated rings. The van der Waals surface area contributed by atoms with Gasteiger partial charge in [-0.1, -0.05) is 5.21 Å². The lowest BCUT2D eigenvalue weighted by Crippen LogP contribution is -2.46. The highest BCUT2D eigenvalue weighted by Gasteiger charge is 2.16. The molecule has 19 heavy (non-hydrogen) atoms. The molecule has 0 spiro atoms. The molecular weight excluding hydrogens is 254 g/mol. The second kappa shape index (κ2) is 6.14. The number of morpholine rings is 1. The number of aromatic nitrogens is 3. The Hall–Kier alpha value is -2.16. The fraction of sp³-hybridized carbons (Fsp3) is 0.600. The third-order valence-corrected chi connectivity index (χ3v) is 2.67. The van der Waals surface area contributed by atoms with E-state index in [1.807, 2.05) is 0 Å². The summed E-state index contributed by atoms with van der Waals surface area (Å²) in [6.07, 6.45) is 1.32. The number of amides is 2. The normalized spacial score (nSPS) is 15.3. The SMILES string of the molecule is O=C(O)c1cn(CCNC(=O)N2CCOCC2)nn1. The van der Waals surface area contributed by atoms with Gasteiger partial charge in [0.15, 0.2) is 5.69 Å². The molecule has 1 aliphatic rings. The molecule has 104 valence electrons. The van der Waals surface area contributed by atoms with Crippen molar-refractivity contribution in [3.05, 3.63) is 11.9 Å². The molecule has 2 N–H and O–H groups in total. The van der Waals surface area contributed by atoms with Gasteiger partial charge in [0.05, 0.1) is 26.0 Å².